The minimum absolute atomic E-state index is 0.571. The van der Waals surface area contributed by atoms with Crippen LogP contribution >= 0.6 is 11.6 Å². The lowest BCUT2D eigenvalue weighted by Crippen LogP contribution is -2.30. The predicted octanol–water partition coefficient (Wildman–Crippen LogP) is 1.93. The van der Waals surface area contributed by atoms with Crippen LogP contribution in [0.2, 0.25) is 5.02 Å². The normalized spacial score (nSPS) is 20.7. The Labute approximate surface area is 101 Å². The molecule has 1 aromatic rings. The van der Waals surface area contributed by atoms with E-state index < -0.39 is 0 Å². The van der Waals surface area contributed by atoms with Crippen LogP contribution in [0.15, 0.2) is 12.4 Å². The van der Waals surface area contributed by atoms with Crippen molar-refractivity contribution < 1.29 is 0 Å². The summed E-state index contributed by atoms with van der Waals surface area (Å²) in [5.41, 5.74) is 0. The third-order valence-electron chi connectivity index (χ3n) is 2.85. The summed E-state index contributed by atoms with van der Waals surface area (Å²) in [6.45, 7) is 3.24. The zero-order chi connectivity index (χ0) is 11.2. The third kappa shape index (κ3) is 3.61. The van der Waals surface area contributed by atoms with Crippen molar-refractivity contribution in [2.45, 2.75) is 19.3 Å². The van der Waals surface area contributed by atoms with E-state index in [-0.39, 0.29) is 0 Å². The second kappa shape index (κ2) is 6.01. The molecule has 2 N–H and O–H groups in total. The lowest BCUT2D eigenvalue weighted by molar-refractivity contribution is 0.364. The molecule has 16 heavy (non-hydrogen) atoms. The van der Waals surface area contributed by atoms with Crippen molar-refractivity contribution in [3.05, 3.63) is 17.4 Å². The fourth-order valence-electron chi connectivity index (χ4n) is 1.96. The molecule has 0 bridgehead atoms. The van der Waals surface area contributed by atoms with Gasteiger partial charge in [0.2, 0.25) is 5.95 Å². The molecule has 1 unspecified atom stereocenters. The Morgan fingerprint density at radius 1 is 1.44 bits per heavy atom. The fourth-order valence-corrected chi connectivity index (χ4v) is 2.06. The topological polar surface area (TPSA) is 49.8 Å². The number of hydrogen-bond donors (Lipinski definition) is 2. The molecule has 0 radical (unpaired) electrons. The summed E-state index contributed by atoms with van der Waals surface area (Å²) in [6, 6.07) is 0. The average molecular weight is 241 g/mol. The van der Waals surface area contributed by atoms with Crippen LogP contribution in [0.1, 0.15) is 19.3 Å². The summed E-state index contributed by atoms with van der Waals surface area (Å²) in [6.07, 6.45) is 7.01. The van der Waals surface area contributed by atoms with Gasteiger partial charge in [0.25, 0.3) is 0 Å². The molecule has 88 valence electrons. The van der Waals surface area contributed by atoms with Crippen LogP contribution in [-0.2, 0) is 0 Å². The molecule has 5 heteroatoms. The van der Waals surface area contributed by atoms with Crippen LogP contribution in [0.3, 0.4) is 0 Å². The van der Waals surface area contributed by atoms with E-state index in [0.717, 1.165) is 19.0 Å². The molecule has 0 saturated carbocycles. The van der Waals surface area contributed by atoms with Gasteiger partial charge in [-0.3, -0.25) is 0 Å². The van der Waals surface area contributed by atoms with Crippen molar-refractivity contribution in [3.8, 4) is 0 Å². The Bertz CT molecular complexity index is 308. The predicted molar refractivity (Wildman–Crippen MR) is 65.7 cm³/mol. The highest BCUT2D eigenvalue weighted by molar-refractivity contribution is 6.30. The van der Waals surface area contributed by atoms with Gasteiger partial charge in [-0.05, 0) is 38.3 Å². The van der Waals surface area contributed by atoms with E-state index in [9.17, 15) is 0 Å². The minimum Gasteiger partial charge on any atom is -0.354 e. The quantitative estimate of drug-likeness (QED) is 0.845. The zero-order valence-corrected chi connectivity index (χ0v) is 10.0. The first-order valence-corrected chi connectivity index (χ1v) is 6.14. The number of hydrogen-bond acceptors (Lipinski definition) is 4. The van der Waals surface area contributed by atoms with E-state index in [4.69, 9.17) is 11.6 Å². The Morgan fingerprint density at radius 3 is 2.94 bits per heavy atom. The van der Waals surface area contributed by atoms with Crippen molar-refractivity contribution in [2.24, 2.45) is 5.92 Å². The van der Waals surface area contributed by atoms with Crippen LogP contribution < -0.4 is 10.6 Å². The number of aromatic nitrogens is 2. The molecule has 1 fully saturated rings. The smallest absolute Gasteiger partial charge is 0.222 e. The molecule has 2 rings (SSSR count). The van der Waals surface area contributed by atoms with E-state index >= 15 is 0 Å². The second-order valence-corrected chi connectivity index (χ2v) is 4.59. The van der Waals surface area contributed by atoms with Gasteiger partial charge in [0.1, 0.15) is 0 Å². The molecule has 1 aliphatic heterocycles. The molecule has 0 spiro atoms. The highest BCUT2D eigenvalue weighted by Gasteiger charge is 2.12. The molecule has 0 aliphatic carbocycles. The van der Waals surface area contributed by atoms with Crippen LogP contribution in [0.25, 0.3) is 0 Å². The Morgan fingerprint density at radius 2 is 2.25 bits per heavy atom. The number of piperidine rings is 1. The molecular formula is C11H17ClN4. The molecule has 1 aromatic heterocycles. The van der Waals surface area contributed by atoms with Crippen molar-refractivity contribution in [3.63, 3.8) is 0 Å². The highest BCUT2D eigenvalue weighted by Crippen LogP contribution is 2.14. The first kappa shape index (κ1) is 11.6. The van der Waals surface area contributed by atoms with Gasteiger partial charge in [-0.1, -0.05) is 11.6 Å². The van der Waals surface area contributed by atoms with Crippen LogP contribution in [0.4, 0.5) is 5.95 Å². The number of nitrogens with one attached hydrogen (secondary N) is 2. The molecule has 0 aromatic carbocycles. The van der Waals surface area contributed by atoms with Gasteiger partial charge in [0.05, 0.1) is 17.4 Å². The summed E-state index contributed by atoms with van der Waals surface area (Å²) in [5.74, 6) is 1.45. The maximum absolute atomic E-state index is 5.71. The van der Waals surface area contributed by atoms with Gasteiger partial charge in [-0.2, -0.15) is 0 Å². The number of rotatable bonds is 4. The molecule has 0 amide bonds. The second-order valence-electron chi connectivity index (χ2n) is 4.15. The minimum atomic E-state index is 0.571. The van der Waals surface area contributed by atoms with Gasteiger partial charge < -0.3 is 10.6 Å². The molecule has 4 nitrogen and oxygen atoms in total. The summed E-state index contributed by atoms with van der Waals surface area (Å²) < 4.78 is 0. The third-order valence-corrected chi connectivity index (χ3v) is 3.05. The summed E-state index contributed by atoms with van der Waals surface area (Å²) in [5, 5.41) is 7.20. The van der Waals surface area contributed by atoms with Gasteiger partial charge in [-0.15, -0.1) is 0 Å². The van der Waals surface area contributed by atoms with Crippen LogP contribution in [0, 0.1) is 5.92 Å². The SMILES string of the molecule is Clc1cnc(NCCC2CCCNC2)nc1. The maximum atomic E-state index is 5.71. The summed E-state index contributed by atoms with van der Waals surface area (Å²) in [4.78, 5) is 8.18. The Kier molecular flexibility index (Phi) is 4.36. The zero-order valence-electron chi connectivity index (χ0n) is 9.25. The average Bonchev–Trinajstić information content (AvgIpc) is 2.33. The Hall–Kier alpha value is -0.870. The van der Waals surface area contributed by atoms with Crippen molar-refractivity contribution >= 4 is 17.5 Å². The molecule has 1 atom stereocenters. The van der Waals surface area contributed by atoms with E-state index in [0.29, 0.717) is 11.0 Å². The van der Waals surface area contributed by atoms with Crippen molar-refractivity contribution in [1.29, 1.82) is 0 Å². The Balaban J connectivity index is 1.69. The molecule has 2 heterocycles. The first-order valence-electron chi connectivity index (χ1n) is 5.77. The summed E-state index contributed by atoms with van der Waals surface area (Å²) in [7, 11) is 0. The monoisotopic (exact) mass is 240 g/mol. The van der Waals surface area contributed by atoms with Gasteiger partial charge >= 0.3 is 0 Å². The number of nitrogens with zero attached hydrogens (tertiary/aromatic N) is 2. The number of halogens is 1. The maximum Gasteiger partial charge on any atom is 0.222 e. The lowest BCUT2D eigenvalue weighted by Gasteiger charge is -2.22. The largest absolute Gasteiger partial charge is 0.354 e. The first-order chi connectivity index (χ1) is 7.84. The summed E-state index contributed by atoms with van der Waals surface area (Å²) >= 11 is 5.71. The highest BCUT2D eigenvalue weighted by atomic mass is 35.5. The van der Waals surface area contributed by atoms with E-state index in [2.05, 4.69) is 20.6 Å². The van der Waals surface area contributed by atoms with E-state index in [1.54, 1.807) is 12.4 Å². The van der Waals surface area contributed by atoms with Crippen molar-refractivity contribution in [1.82, 2.24) is 15.3 Å². The lowest BCUT2D eigenvalue weighted by atomic mass is 9.96. The van der Waals surface area contributed by atoms with Crippen molar-refractivity contribution in [2.75, 3.05) is 25.0 Å². The van der Waals surface area contributed by atoms with Crippen LogP contribution in [0.5, 0.6) is 0 Å². The standard InChI is InChI=1S/C11H17ClN4/c12-10-7-15-11(16-8-10)14-5-3-9-2-1-4-13-6-9/h7-9,13H,1-6H2,(H,14,15,16). The molecular weight excluding hydrogens is 224 g/mol. The van der Waals surface area contributed by atoms with Gasteiger partial charge in [-0.25, -0.2) is 9.97 Å². The van der Waals surface area contributed by atoms with Gasteiger partial charge in [0, 0.05) is 6.54 Å². The van der Waals surface area contributed by atoms with E-state index in [1.807, 2.05) is 0 Å². The van der Waals surface area contributed by atoms with Gasteiger partial charge in [0.15, 0.2) is 0 Å². The fraction of sp³-hybridized carbons (Fsp3) is 0.636. The van der Waals surface area contributed by atoms with Crippen LogP contribution in [-0.4, -0.2) is 29.6 Å². The molecule has 1 aliphatic rings. The molecule has 1 saturated heterocycles. The van der Waals surface area contributed by atoms with E-state index in [1.165, 1.54) is 25.8 Å². The number of anilines is 1.